The third kappa shape index (κ3) is 4.26. The standard InChI is InChI=1S/C15H15BrO3/c16-14-10-13(18-9-8-17)6-7-15(14)19-11-12-4-2-1-3-5-12/h1-7,10,17H,8-9,11H2. The first-order valence-electron chi connectivity index (χ1n) is 5.99. The Morgan fingerprint density at radius 1 is 1.00 bits per heavy atom. The van der Waals surface area contributed by atoms with Gasteiger partial charge in [-0.05, 0) is 39.7 Å². The second-order valence-corrected chi connectivity index (χ2v) is 4.79. The van der Waals surface area contributed by atoms with Crippen LogP contribution in [0.4, 0.5) is 0 Å². The number of ether oxygens (including phenoxy) is 2. The van der Waals surface area contributed by atoms with Crippen LogP contribution in [0, 0.1) is 0 Å². The SMILES string of the molecule is OCCOc1ccc(OCc2ccccc2)c(Br)c1. The van der Waals surface area contributed by atoms with E-state index in [0.29, 0.717) is 12.4 Å². The summed E-state index contributed by atoms with van der Waals surface area (Å²) in [5.74, 6) is 1.47. The lowest BCUT2D eigenvalue weighted by molar-refractivity contribution is 0.201. The lowest BCUT2D eigenvalue weighted by Crippen LogP contribution is -2.02. The van der Waals surface area contributed by atoms with Gasteiger partial charge in [-0.25, -0.2) is 0 Å². The molecule has 0 bridgehead atoms. The lowest BCUT2D eigenvalue weighted by Gasteiger charge is -2.10. The Morgan fingerprint density at radius 3 is 2.47 bits per heavy atom. The lowest BCUT2D eigenvalue weighted by atomic mass is 10.2. The molecular weight excluding hydrogens is 308 g/mol. The molecule has 0 fully saturated rings. The fourth-order valence-corrected chi connectivity index (χ4v) is 2.06. The fourth-order valence-electron chi connectivity index (χ4n) is 1.59. The van der Waals surface area contributed by atoms with Crippen molar-refractivity contribution in [2.24, 2.45) is 0 Å². The van der Waals surface area contributed by atoms with E-state index in [2.05, 4.69) is 15.9 Å². The first-order valence-corrected chi connectivity index (χ1v) is 6.79. The first-order chi connectivity index (χ1) is 9.29. The number of halogens is 1. The predicted molar refractivity (Wildman–Crippen MR) is 77.5 cm³/mol. The van der Waals surface area contributed by atoms with Crippen LogP contribution < -0.4 is 9.47 Å². The summed E-state index contributed by atoms with van der Waals surface area (Å²) in [6.07, 6.45) is 0. The highest BCUT2D eigenvalue weighted by molar-refractivity contribution is 9.10. The number of aliphatic hydroxyl groups excluding tert-OH is 1. The number of benzene rings is 2. The molecular formula is C15H15BrO3. The summed E-state index contributed by atoms with van der Waals surface area (Å²) >= 11 is 3.45. The Balaban J connectivity index is 1.97. The molecule has 0 heterocycles. The first kappa shape index (κ1) is 13.9. The van der Waals surface area contributed by atoms with Crippen LogP contribution in [-0.4, -0.2) is 18.3 Å². The molecule has 0 radical (unpaired) electrons. The molecule has 2 aromatic rings. The zero-order valence-corrected chi connectivity index (χ0v) is 12.0. The van der Waals surface area contributed by atoms with Crippen molar-refractivity contribution in [3.8, 4) is 11.5 Å². The summed E-state index contributed by atoms with van der Waals surface area (Å²) in [5.41, 5.74) is 1.12. The summed E-state index contributed by atoms with van der Waals surface area (Å²) in [7, 11) is 0. The van der Waals surface area contributed by atoms with Crippen LogP contribution >= 0.6 is 15.9 Å². The van der Waals surface area contributed by atoms with E-state index < -0.39 is 0 Å². The van der Waals surface area contributed by atoms with Crippen molar-refractivity contribution in [2.75, 3.05) is 13.2 Å². The van der Waals surface area contributed by atoms with E-state index in [1.807, 2.05) is 48.5 Å². The van der Waals surface area contributed by atoms with Gasteiger partial charge in [0.25, 0.3) is 0 Å². The molecule has 19 heavy (non-hydrogen) atoms. The Morgan fingerprint density at radius 2 is 1.79 bits per heavy atom. The van der Waals surface area contributed by atoms with E-state index in [4.69, 9.17) is 14.6 Å². The molecule has 0 unspecified atom stereocenters. The number of hydrogen-bond acceptors (Lipinski definition) is 3. The smallest absolute Gasteiger partial charge is 0.134 e. The normalized spacial score (nSPS) is 10.2. The fraction of sp³-hybridized carbons (Fsp3) is 0.200. The minimum Gasteiger partial charge on any atom is -0.491 e. The molecule has 1 N–H and O–H groups in total. The highest BCUT2D eigenvalue weighted by atomic mass is 79.9. The monoisotopic (exact) mass is 322 g/mol. The van der Waals surface area contributed by atoms with Gasteiger partial charge in [0.1, 0.15) is 24.7 Å². The molecule has 0 amide bonds. The molecule has 2 rings (SSSR count). The Hall–Kier alpha value is -1.52. The minimum absolute atomic E-state index is 0.00385. The van der Waals surface area contributed by atoms with Crippen molar-refractivity contribution in [1.29, 1.82) is 0 Å². The molecule has 0 spiro atoms. The molecule has 0 aromatic heterocycles. The topological polar surface area (TPSA) is 38.7 Å². The van der Waals surface area contributed by atoms with E-state index in [0.717, 1.165) is 15.8 Å². The van der Waals surface area contributed by atoms with Crippen molar-refractivity contribution in [3.63, 3.8) is 0 Å². The third-order valence-corrected chi connectivity index (χ3v) is 3.12. The average molecular weight is 323 g/mol. The Bertz CT molecular complexity index is 514. The molecule has 4 heteroatoms. The molecule has 100 valence electrons. The molecule has 2 aromatic carbocycles. The molecule has 3 nitrogen and oxygen atoms in total. The van der Waals surface area contributed by atoms with Crippen molar-refractivity contribution < 1.29 is 14.6 Å². The summed E-state index contributed by atoms with van der Waals surface area (Å²) in [5, 5.41) is 8.70. The summed E-state index contributed by atoms with van der Waals surface area (Å²) < 4.78 is 11.9. The zero-order valence-electron chi connectivity index (χ0n) is 10.4. The quantitative estimate of drug-likeness (QED) is 0.885. The van der Waals surface area contributed by atoms with E-state index >= 15 is 0 Å². The second-order valence-electron chi connectivity index (χ2n) is 3.94. The van der Waals surface area contributed by atoms with E-state index in [1.165, 1.54) is 0 Å². The van der Waals surface area contributed by atoms with Gasteiger partial charge in [-0.2, -0.15) is 0 Å². The predicted octanol–water partition coefficient (Wildman–Crippen LogP) is 3.40. The van der Waals surface area contributed by atoms with Crippen molar-refractivity contribution in [2.45, 2.75) is 6.61 Å². The molecule has 0 aliphatic rings. The Kier molecular flexibility index (Phi) is 5.24. The van der Waals surface area contributed by atoms with E-state index in [9.17, 15) is 0 Å². The van der Waals surface area contributed by atoms with Gasteiger partial charge in [0.05, 0.1) is 11.1 Å². The van der Waals surface area contributed by atoms with Gasteiger partial charge in [0, 0.05) is 0 Å². The average Bonchev–Trinajstić information content (AvgIpc) is 2.45. The van der Waals surface area contributed by atoms with Crippen LogP contribution in [0.25, 0.3) is 0 Å². The second kappa shape index (κ2) is 7.16. The zero-order chi connectivity index (χ0) is 13.5. The third-order valence-electron chi connectivity index (χ3n) is 2.50. The van der Waals surface area contributed by atoms with Crippen LogP contribution in [0.5, 0.6) is 11.5 Å². The van der Waals surface area contributed by atoms with Crippen LogP contribution in [0.3, 0.4) is 0 Å². The summed E-state index contributed by atoms with van der Waals surface area (Å²) in [6.45, 7) is 0.816. The molecule has 0 saturated carbocycles. The van der Waals surface area contributed by atoms with Crippen LogP contribution in [0.15, 0.2) is 53.0 Å². The van der Waals surface area contributed by atoms with Gasteiger partial charge in [-0.1, -0.05) is 30.3 Å². The van der Waals surface area contributed by atoms with Crippen molar-refractivity contribution >= 4 is 15.9 Å². The van der Waals surface area contributed by atoms with E-state index in [1.54, 1.807) is 0 Å². The van der Waals surface area contributed by atoms with Gasteiger partial charge in [-0.3, -0.25) is 0 Å². The number of rotatable bonds is 6. The van der Waals surface area contributed by atoms with Crippen molar-refractivity contribution in [1.82, 2.24) is 0 Å². The van der Waals surface area contributed by atoms with Crippen molar-refractivity contribution in [3.05, 3.63) is 58.6 Å². The van der Waals surface area contributed by atoms with Gasteiger partial charge in [-0.15, -0.1) is 0 Å². The van der Waals surface area contributed by atoms with Crippen LogP contribution in [0.2, 0.25) is 0 Å². The molecule has 0 aliphatic carbocycles. The summed E-state index contributed by atoms with van der Waals surface area (Å²) in [6, 6.07) is 15.5. The molecule has 0 aliphatic heterocycles. The van der Waals surface area contributed by atoms with E-state index in [-0.39, 0.29) is 13.2 Å². The van der Waals surface area contributed by atoms with Crippen LogP contribution in [-0.2, 0) is 6.61 Å². The maximum atomic E-state index is 8.70. The van der Waals surface area contributed by atoms with Gasteiger partial charge < -0.3 is 14.6 Å². The molecule has 0 atom stereocenters. The number of hydrogen-bond donors (Lipinski definition) is 1. The maximum Gasteiger partial charge on any atom is 0.134 e. The van der Waals surface area contributed by atoms with Gasteiger partial charge >= 0.3 is 0 Å². The molecule has 0 saturated heterocycles. The largest absolute Gasteiger partial charge is 0.491 e. The number of aliphatic hydroxyl groups is 1. The van der Waals surface area contributed by atoms with Gasteiger partial charge in [0.2, 0.25) is 0 Å². The van der Waals surface area contributed by atoms with Crippen LogP contribution in [0.1, 0.15) is 5.56 Å². The summed E-state index contributed by atoms with van der Waals surface area (Å²) in [4.78, 5) is 0. The highest BCUT2D eigenvalue weighted by Gasteiger charge is 2.04. The highest BCUT2D eigenvalue weighted by Crippen LogP contribution is 2.29. The maximum absolute atomic E-state index is 8.70. The Labute approximate surface area is 120 Å². The van der Waals surface area contributed by atoms with Gasteiger partial charge in [0.15, 0.2) is 0 Å². The minimum atomic E-state index is 0.00385.